The fraction of sp³-hybridized carbons (Fsp3) is 0.600. The molecule has 2 amide bonds. The number of likely N-dealkylation sites (tertiary alicyclic amines) is 1. The van der Waals surface area contributed by atoms with Gasteiger partial charge in [-0.15, -0.1) is 0 Å². The molecule has 5 heteroatoms. The smallest absolute Gasteiger partial charge is 0.253 e. The molecule has 4 rings (SSSR count). The van der Waals surface area contributed by atoms with Crippen molar-refractivity contribution in [2.75, 3.05) is 24.5 Å². The molecule has 25 heavy (non-hydrogen) atoms. The first-order chi connectivity index (χ1) is 12.0. The van der Waals surface area contributed by atoms with Gasteiger partial charge in [0.15, 0.2) is 0 Å². The van der Waals surface area contributed by atoms with Crippen LogP contribution in [0.2, 0.25) is 0 Å². The van der Waals surface area contributed by atoms with Gasteiger partial charge in [0.25, 0.3) is 5.91 Å². The van der Waals surface area contributed by atoms with Crippen LogP contribution >= 0.6 is 0 Å². The molecule has 1 saturated carbocycles. The van der Waals surface area contributed by atoms with Gasteiger partial charge in [-0.3, -0.25) is 9.59 Å². The number of amides is 2. The monoisotopic (exact) mass is 342 g/mol. The minimum absolute atomic E-state index is 0.0265. The van der Waals surface area contributed by atoms with E-state index in [1.165, 1.54) is 6.42 Å². The van der Waals surface area contributed by atoms with Crippen LogP contribution in [0, 0.1) is 11.8 Å². The number of benzene rings is 1. The maximum atomic E-state index is 12.8. The lowest BCUT2D eigenvalue weighted by Gasteiger charge is -2.41. The maximum Gasteiger partial charge on any atom is 0.253 e. The molecule has 0 aromatic heterocycles. The summed E-state index contributed by atoms with van der Waals surface area (Å²) in [6, 6.07) is 7.31. The Kier molecular flexibility index (Phi) is 4.07. The lowest BCUT2D eigenvalue weighted by atomic mass is 9.69. The second-order valence-corrected chi connectivity index (χ2v) is 7.90. The average molecular weight is 342 g/mol. The highest BCUT2D eigenvalue weighted by atomic mass is 16.3. The highest BCUT2D eigenvalue weighted by molar-refractivity contribution is 5.97. The Morgan fingerprint density at radius 2 is 1.92 bits per heavy atom. The van der Waals surface area contributed by atoms with Crippen LogP contribution in [-0.2, 0) is 4.79 Å². The van der Waals surface area contributed by atoms with Crippen molar-refractivity contribution in [3.8, 4) is 0 Å². The number of rotatable bonds is 3. The van der Waals surface area contributed by atoms with Gasteiger partial charge in [-0.1, -0.05) is 13.3 Å². The van der Waals surface area contributed by atoms with Gasteiger partial charge in [0.1, 0.15) is 0 Å². The molecule has 1 aliphatic carbocycles. The predicted molar refractivity (Wildman–Crippen MR) is 95.4 cm³/mol. The quantitative estimate of drug-likeness (QED) is 0.918. The number of hydrogen-bond donors (Lipinski definition) is 1. The molecule has 134 valence electrons. The molecule has 5 nitrogen and oxygen atoms in total. The first kappa shape index (κ1) is 16.6. The summed E-state index contributed by atoms with van der Waals surface area (Å²) in [6.07, 6.45) is 4.82. The molecule has 0 spiro atoms. The van der Waals surface area contributed by atoms with Crippen molar-refractivity contribution in [2.45, 2.75) is 44.6 Å². The van der Waals surface area contributed by atoms with Gasteiger partial charge in [-0.05, 0) is 49.4 Å². The Labute approximate surface area is 148 Å². The van der Waals surface area contributed by atoms with Crippen LogP contribution in [0.25, 0.3) is 0 Å². The van der Waals surface area contributed by atoms with Crippen molar-refractivity contribution in [2.24, 2.45) is 11.8 Å². The Hall–Kier alpha value is -1.88. The van der Waals surface area contributed by atoms with E-state index in [0.29, 0.717) is 31.0 Å². The third-order valence-electron chi connectivity index (χ3n) is 6.39. The molecule has 0 unspecified atom stereocenters. The number of anilines is 1. The molecular weight excluding hydrogens is 316 g/mol. The molecule has 2 heterocycles. The third kappa shape index (κ3) is 2.74. The van der Waals surface area contributed by atoms with Crippen molar-refractivity contribution in [1.82, 2.24) is 4.90 Å². The van der Waals surface area contributed by atoms with Crippen LogP contribution < -0.4 is 4.90 Å². The van der Waals surface area contributed by atoms with E-state index in [0.717, 1.165) is 31.5 Å². The zero-order chi connectivity index (χ0) is 17.6. The van der Waals surface area contributed by atoms with Gasteiger partial charge >= 0.3 is 0 Å². The van der Waals surface area contributed by atoms with Gasteiger partial charge in [0.05, 0.1) is 12.1 Å². The SMILES string of the molecule is C[C@@H]1CN(C(=O)c2ccc(N3CCCC3=O)cc2)C[C@@]1(O)C1CCC1. The second kappa shape index (κ2) is 6.13. The molecule has 3 fully saturated rings. The van der Waals surface area contributed by atoms with Gasteiger partial charge in [-0.25, -0.2) is 0 Å². The van der Waals surface area contributed by atoms with Gasteiger partial charge in [0.2, 0.25) is 5.91 Å². The molecule has 1 aromatic carbocycles. The third-order valence-corrected chi connectivity index (χ3v) is 6.39. The summed E-state index contributed by atoms with van der Waals surface area (Å²) in [5, 5.41) is 11.0. The molecule has 2 aliphatic heterocycles. The fourth-order valence-corrected chi connectivity index (χ4v) is 4.50. The summed E-state index contributed by atoms with van der Waals surface area (Å²) in [5.74, 6) is 0.575. The molecular formula is C20H26N2O3. The first-order valence-corrected chi connectivity index (χ1v) is 9.41. The normalized spacial score (nSPS) is 30.0. The van der Waals surface area contributed by atoms with Crippen LogP contribution in [0.4, 0.5) is 5.69 Å². The fourth-order valence-electron chi connectivity index (χ4n) is 4.50. The van der Waals surface area contributed by atoms with Crippen molar-refractivity contribution in [3.63, 3.8) is 0 Å². The van der Waals surface area contributed by atoms with E-state index in [1.807, 2.05) is 19.1 Å². The highest BCUT2D eigenvalue weighted by Crippen LogP contribution is 2.44. The summed E-state index contributed by atoms with van der Waals surface area (Å²) in [7, 11) is 0. The topological polar surface area (TPSA) is 60.9 Å². The van der Waals surface area contributed by atoms with Gasteiger partial charge in [0, 0.05) is 36.7 Å². The first-order valence-electron chi connectivity index (χ1n) is 9.41. The maximum absolute atomic E-state index is 12.8. The van der Waals surface area contributed by atoms with E-state index in [4.69, 9.17) is 0 Å². The summed E-state index contributed by atoms with van der Waals surface area (Å²) < 4.78 is 0. The van der Waals surface area contributed by atoms with Crippen molar-refractivity contribution >= 4 is 17.5 Å². The van der Waals surface area contributed by atoms with Crippen molar-refractivity contribution in [1.29, 1.82) is 0 Å². The Morgan fingerprint density at radius 1 is 1.20 bits per heavy atom. The lowest BCUT2D eigenvalue weighted by molar-refractivity contribution is -0.117. The zero-order valence-electron chi connectivity index (χ0n) is 14.8. The van der Waals surface area contributed by atoms with Crippen LogP contribution in [0.1, 0.15) is 49.4 Å². The Bertz CT molecular complexity index is 683. The van der Waals surface area contributed by atoms with Crippen LogP contribution in [0.3, 0.4) is 0 Å². The minimum Gasteiger partial charge on any atom is -0.387 e. The Morgan fingerprint density at radius 3 is 2.48 bits per heavy atom. The molecule has 0 bridgehead atoms. The highest BCUT2D eigenvalue weighted by Gasteiger charge is 2.51. The Balaban J connectivity index is 1.47. The zero-order valence-corrected chi connectivity index (χ0v) is 14.8. The number of β-amino-alcohol motifs (C(OH)–C–C–N with tert-alkyl or cyclic N) is 1. The summed E-state index contributed by atoms with van der Waals surface area (Å²) in [4.78, 5) is 28.2. The molecule has 3 aliphatic rings. The van der Waals surface area contributed by atoms with Crippen molar-refractivity contribution < 1.29 is 14.7 Å². The average Bonchev–Trinajstić information content (AvgIpc) is 3.09. The number of carbonyl (C=O) groups excluding carboxylic acids is 2. The van der Waals surface area contributed by atoms with E-state index in [1.54, 1.807) is 21.9 Å². The molecule has 2 saturated heterocycles. The predicted octanol–water partition coefficient (Wildman–Crippen LogP) is 2.44. The molecule has 1 N–H and O–H groups in total. The minimum atomic E-state index is -0.726. The number of nitrogens with zero attached hydrogens (tertiary/aromatic N) is 2. The molecule has 2 atom stereocenters. The van der Waals surface area contributed by atoms with E-state index in [-0.39, 0.29) is 17.7 Å². The summed E-state index contributed by atoms with van der Waals surface area (Å²) in [6.45, 7) is 3.85. The van der Waals surface area contributed by atoms with Crippen LogP contribution in [-0.4, -0.2) is 47.1 Å². The standard InChI is InChI=1S/C20H26N2O3/c1-14-12-21(13-20(14,25)16-4-2-5-16)19(24)15-7-9-17(10-8-15)22-11-3-6-18(22)23/h7-10,14,16,25H,2-6,11-13H2,1H3/t14-,20+/m1/s1. The summed E-state index contributed by atoms with van der Waals surface area (Å²) in [5.41, 5.74) is 0.760. The van der Waals surface area contributed by atoms with Crippen LogP contribution in [0.15, 0.2) is 24.3 Å². The summed E-state index contributed by atoms with van der Waals surface area (Å²) >= 11 is 0. The molecule has 0 radical (unpaired) electrons. The number of carbonyl (C=O) groups is 2. The second-order valence-electron chi connectivity index (χ2n) is 7.90. The van der Waals surface area contributed by atoms with E-state index in [2.05, 4.69) is 0 Å². The van der Waals surface area contributed by atoms with Crippen molar-refractivity contribution in [3.05, 3.63) is 29.8 Å². The van der Waals surface area contributed by atoms with E-state index < -0.39 is 5.60 Å². The van der Waals surface area contributed by atoms with Gasteiger partial charge in [-0.2, -0.15) is 0 Å². The van der Waals surface area contributed by atoms with E-state index in [9.17, 15) is 14.7 Å². The molecule has 1 aromatic rings. The van der Waals surface area contributed by atoms with E-state index >= 15 is 0 Å². The largest absolute Gasteiger partial charge is 0.387 e. The van der Waals surface area contributed by atoms with Gasteiger partial charge < -0.3 is 14.9 Å². The number of aliphatic hydroxyl groups is 1. The van der Waals surface area contributed by atoms with Crippen LogP contribution in [0.5, 0.6) is 0 Å². The lowest BCUT2D eigenvalue weighted by Crippen LogP contribution is -2.48. The number of hydrogen-bond acceptors (Lipinski definition) is 3.